The molecule has 2 N–H and O–H groups in total. The van der Waals surface area contributed by atoms with Crippen molar-refractivity contribution in [1.29, 1.82) is 0 Å². The van der Waals surface area contributed by atoms with E-state index in [-0.39, 0.29) is 24.2 Å². The van der Waals surface area contributed by atoms with Crippen LogP contribution in [0.15, 0.2) is 42.5 Å². The third-order valence-electron chi connectivity index (χ3n) is 6.02. The predicted octanol–water partition coefficient (Wildman–Crippen LogP) is 4.88. The largest absolute Gasteiger partial charge is 0.469 e. The summed E-state index contributed by atoms with van der Waals surface area (Å²) in [5.41, 5.74) is 1.40. The van der Waals surface area contributed by atoms with E-state index in [0.717, 1.165) is 30.5 Å². The highest BCUT2D eigenvalue weighted by Gasteiger charge is 2.53. The van der Waals surface area contributed by atoms with Gasteiger partial charge in [-0.05, 0) is 61.6 Å². The molecule has 1 amide bonds. The van der Waals surface area contributed by atoms with E-state index in [4.69, 9.17) is 27.9 Å². The van der Waals surface area contributed by atoms with Gasteiger partial charge in [-0.2, -0.15) is 0 Å². The van der Waals surface area contributed by atoms with Gasteiger partial charge in [-0.1, -0.05) is 41.4 Å². The van der Waals surface area contributed by atoms with Crippen LogP contribution in [-0.4, -0.2) is 25.5 Å². The third kappa shape index (κ3) is 4.07. The molecular formula is C23H24Cl2N2O3. The fourth-order valence-corrected chi connectivity index (χ4v) is 4.67. The topological polar surface area (TPSA) is 67.4 Å². The molecule has 0 aromatic heterocycles. The molecule has 2 aromatic rings. The number of hydrogen-bond acceptors (Lipinski definition) is 4. The number of fused-ring (bicyclic) bond motifs is 1. The van der Waals surface area contributed by atoms with Crippen LogP contribution in [0, 0.1) is 5.92 Å². The normalized spacial score (nSPS) is 21.1. The zero-order valence-corrected chi connectivity index (χ0v) is 18.2. The molecule has 0 saturated heterocycles. The van der Waals surface area contributed by atoms with E-state index < -0.39 is 5.54 Å². The number of anilines is 1. The van der Waals surface area contributed by atoms with Crippen LogP contribution in [0.2, 0.25) is 10.0 Å². The summed E-state index contributed by atoms with van der Waals surface area (Å²) in [5, 5.41) is 7.74. The maximum absolute atomic E-state index is 13.5. The lowest BCUT2D eigenvalue weighted by atomic mass is 9.72. The Labute approximate surface area is 186 Å². The zero-order chi connectivity index (χ0) is 21.3. The molecule has 0 radical (unpaired) electrons. The number of methoxy groups -OCH3 is 1. The Hall–Kier alpha value is -2.08. The maximum atomic E-state index is 13.5. The number of carbonyl (C=O) groups excluding carboxylic acids is 2. The minimum atomic E-state index is -1.03. The van der Waals surface area contributed by atoms with E-state index >= 15 is 0 Å². The van der Waals surface area contributed by atoms with Gasteiger partial charge in [0.15, 0.2) is 0 Å². The quantitative estimate of drug-likeness (QED) is 0.567. The second-order valence-corrected chi connectivity index (χ2v) is 8.87. The highest BCUT2D eigenvalue weighted by atomic mass is 35.5. The van der Waals surface area contributed by atoms with Crippen molar-refractivity contribution in [1.82, 2.24) is 5.32 Å². The second-order valence-electron chi connectivity index (χ2n) is 8.00. The smallest absolute Gasteiger partial charge is 0.305 e. The lowest BCUT2D eigenvalue weighted by Crippen LogP contribution is -2.53. The highest BCUT2D eigenvalue weighted by Crippen LogP contribution is 2.49. The average molecular weight is 447 g/mol. The van der Waals surface area contributed by atoms with E-state index in [9.17, 15) is 9.59 Å². The van der Waals surface area contributed by atoms with Gasteiger partial charge in [0, 0.05) is 33.6 Å². The van der Waals surface area contributed by atoms with Crippen molar-refractivity contribution in [3.63, 3.8) is 0 Å². The van der Waals surface area contributed by atoms with Gasteiger partial charge >= 0.3 is 5.97 Å². The summed E-state index contributed by atoms with van der Waals surface area (Å²) in [5.74, 6) is -0.215. The summed E-state index contributed by atoms with van der Waals surface area (Å²) in [6.45, 7) is 0.727. The second kappa shape index (κ2) is 8.58. The predicted molar refractivity (Wildman–Crippen MR) is 118 cm³/mol. The third-order valence-corrected chi connectivity index (χ3v) is 6.49. The molecule has 2 atom stereocenters. The van der Waals surface area contributed by atoms with Crippen LogP contribution in [-0.2, 0) is 19.9 Å². The minimum absolute atomic E-state index is 0.143. The molecule has 1 aliphatic carbocycles. The van der Waals surface area contributed by atoms with E-state index in [0.29, 0.717) is 28.1 Å². The molecular weight excluding hydrogens is 423 g/mol. The fraction of sp³-hybridized carbons (Fsp3) is 0.391. The number of halogens is 2. The molecule has 4 rings (SSSR count). The first-order chi connectivity index (χ1) is 14.4. The number of rotatable bonds is 8. The number of carbonyl (C=O) groups is 2. The Morgan fingerprint density at radius 2 is 2.00 bits per heavy atom. The highest BCUT2D eigenvalue weighted by molar-refractivity contribution is 6.31. The van der Waals surface area contributed by atoms with Crippen molar-refractivity contribution in [3.8, 4) is 0 Å². The SMILES string of the molecule is COC(=O)CCC(c1cccc(Cl)c1)C1(NCC2CC2)C(=O)Nc2cc(Cl)ccc21. The summed E-state index contributed by atoms with van der Waals surface area (Å²) < 4.78 is 4.87. The fourth-order valence-electron chi connectivity index (χ4n) is 4.30. The summed E-state index contributed by atoms with van der Waals surface area (Å²) in [6, 6.07) is 12.9. The van der Waals surface area contributed by atoms with Crippen molar-refractivity contribution in [2.75, 3.05) is 19.0 Å². The van der Waals surface area contributed by atoms with Crippen LogP contribution in [0.4, 0.5) is 5.69 Å². The van der Waals surface area contributed by atoms with Crippen molar-refractivity contribution >= 4 is 40.8 Å². The Kier molecular flexibility index (Phi) is 6.05. The van der Waals surface area contributed by atoms with E-state index in [1.807, 2.05) is 24.3 Å². The Bertz CT molecular complexity index is 977. The number of amides is 1. The van der Waals surface area contributed by atoms with Gasteiger partial charge in [0.05, 0.1) is 7.11 Å². The Morgan fingerprint density at radius 1 is 1.23 bits per heavy atom. The van der Waals surface area contributed by atoms with E-state index in [2.05, 4.69) is 10.6 Å². The van der Waals surface area contributed by atoms with Crippen LogP contribution in [0.1, 0.15) is 42.7 Å². The zero-order valence-electron chi connectivity index (χ0n) is 16.7. The van der Waals surface area contributed by atoms with Gasteiger partial charge in [0.1, 0.15) is 5.54 Å². The van der Waals surface area contributed by atoms with Gasteiger partial charge < -0.3 is 10.1 Å². The van der Waals surface area contributed by atoms with E-state index in [1.165, 1.54) is 7.11 Å². The first kappa shape index (κ1) is 21.2. The number of benzene rings is 2. The van der Waals surface area contributed by atoms with Crippen LogP contribution < -0.4 is 10.6 Å². The van der Waals surface area contributed by atoms with Crippen molar-refractivity contribution in [2.24, 2.45) is 5.92 Å². The molecule has 0 bridgehead atoms. The number of nitrogens with one attached hydrogen (secondary N) is 2. The first-order valence-electron chi connectivity index (χ1n) is 10.1. The maximum Gasteiger partial charge on any atom is 0.305 e. The lowest BCUT2D eigenvalue weighted by molar-refractivity contribution is -0.141. The monoisotopic (exact) mass is 446 g/mol. The molecule has 2 unspecified atom stereocenters. The molecule has 1 heterocycles. The minimum Gasteiger partial charge on any atom is -0.469 e. The first-order valence-corrected chi connectivity index (χ1v) is 10.9. The van der Waals surface area contributed by atoms with Gasteiger partial charge in [0.2, 0.25) is 5.91 Å². The molecule has 30 heavy (non-hydrogen) atoms. The number of hydrogen-bond donors (Lipinski definition) is 2. The lowest BCUT2D eigenvalue weighted by Gasteiger charge is -2.37. The van der Waals surface area contributed by atoms with E-state index in [1.54, 1.807) is 18.2 Å². The molecule has 0 spiro atoms. The standard InChI is InChI=1S/C23H24Cl2N2O3/c1-30-21(28)10-9-18(15-3-2-4-16(24)11-15)23(26-13-14-5-6-14)19-8-7-17(25)12-20(19)27-22(23)29/h2-4,7-8,11-12,14,18,26H,5-6,9-10,13H2,1H3,(H,27,29). The Balaban J connectivity index is 1.83. The van der Waals surface area contributed by atoms with Crippen molar-refractivity contribution in [2.45, 2.75) is 37.1 Å². The molecule has 1 fully saturated rings. The van der Waals surface area contributed by atoms with Gasteiger partial charge in [-0.3, -0.25) is 14.9 Å². The summed E-state index contributed by atoms with van der Waals surface area (Å²) in [4.78, 5) is 25.5. The summed E-state index contributed by atoms with van der Waals surface area (Å²) in [6.07, 6.45) is 2.93. The molecule has 1 saturated carbocycles. The Morgan fingerprint density at radius 3 is 2.70 bits per heavy atom. The number of esters is 1. The van der Waals surface area contributed by atoms with Gasteiger partial charge in [-0.15, -0.1) is 0 Å². The van der Waals surface area contributed by atoms with Crippen LogP contribution in [0.5, 0.6) is 0 Å². The molecule has 2 aromatic carbocycles. The van der Waals surface area contributed by atoms with Crippen LogP contribution >= 0.6 is 23.2 Å². The number of ether oxygens (including phenoxy) is 1. The molecule has 7 heteroatoms. The van der Waals surface area contributed by atoms with Crippen molar-refractivity contribution in [3.05, 3.63) is 63.6 Å². The van der Waals surface area contributed by atoms with Gasteiger partial charge in [-0.25, -0.2) is 0 Å². The molecule has 1 aliphatic heterocycles. The molecule has 5 nitrogen and oxygen atoms in total. The van der Waals surface area contributed by atoms with Gasteiger partial charge in [0.25, 0.3) is 0 Å². The molecule has 158 valence electrons. The average Bonchev–Trinajstić information content (AvgIpc) is 3.51. The summed E-state index contributed by atoms with van der Waals surface area (Å²) >= 11 is 12.5. The van der Waals surface area contributed by atoms with Crippen molar-refractivity contribution < 1.29 is 14.3 Å². The summed E-state index contributed by atoms with van der Waals surface area (Å²) in [7, 11) is 1.37. The van der Waals surface area contributed by atoms with Crippen LogP contribution in [0.25, 0.3) is 0 Å². The molecule has 2 aliphatic rings. The van der Waals surface area contributed by atoms with Crippen LogP contribution in [0.3, 0.4) is 0 Å².